The number of carbonyl (C=O) groups is 1. The first-order chi connectivity index (χ1) is 7.86. The van der Waals surface area contributed by atoms with Gasteiger partial charge in [0.25, 0.3) is 0 Å². The van der Waals surface area contributed by atoms with Crippen molar-refractivity contribution in [3.8, 4) is 0 Å². The Morgan fingerprint density at radius 2 is 2.31 bits per heavy atom. The van der Waals surface area contributed by atoms with Gasteiger partial charge in [-0.2, -0.15) is 11.8 Å². The van der Waals surface area contributed by atoms with E-state index in [2.05, 4.69) is 10.2 Å². The smallest absolute Gasteiger partial charge is 0.222 e. The van der Waals surface area contributed by atoms with E-state index in [4.69, 9.17) is 0 Å². The number of thioether (sulfide) groups is 1. The second kappa shape index (κ2) is 6.50. The van der Waals surface area contributed by atoms with Crippen LogP contribution in [-0.4, -0.2) is 48.5 Å². The first-order valence-electron chi connectivity index (χ1n) is 6.42. The topological polar surface area (TPSA) is 32.3 Å². The van der Waals surface area contributed by atoms with Gasteiger partial charge in [-0.1, -0.05) is 0 Å². The molecule has 0 spiro atoms. The van der Waals surface area contributed by atoms with Crippen LogP contribution in [0.4, 0.5) is 0 Å². The summed E-state index contributed by atoms with van der Waals surface area (Å²) in [4.78, 5) is 14.1. The highest BCUT2D eigenvalue weighted by Crippen LogP contribution is 2.16. The van der Waals surface area contributed by atoms with Gasteiger partial charge in [-0.05, 0) is 44.0 Å². The zero-order chi connectivity index (χ0) is 11.2. The van der Waals surface area contributed by atoms with Gasteiger partial charge in [0.15, 0.2) is 0 Å². The van der Waals surface area contributed by atoms with Crippen molar-refractivity contribution in [1.82, 2.24) is 10.2 Å². The lowest BCUT2D eigenvalue weighted by Gasteiger charge is -2.20. The highest BCUT2D eigenvalue weighted by atomic mass is 32.2. The summed E-state index contributed by atoms with van der Waals surface area (Å²) >= 11 is 1.98. The Balaban J connectivity index is 1.69. The van der Waals surface area contributed by atoms with E-state index in [9.17, 15) is 4.79 Å². The van der Waals surface area contributed by atoms with Crippen molar-refractivity contribution in [2.24, 2.45) is 5.92 Å². The van der Waals surface area contributed by atoms with E-state index in [1.165, 1.54) is 18.6 Å². The number of hydrogen-bond acceptors (Lipinski definition) is 3. The molecule has 3 nitrogen and oxygen atoms in total. The highest BCUT2D eigenvalue weighted by Gasteiger charge is 2.19. The van der Waals surface area contributed by atoms with Crippen LogP contribution < -0.4 is 5.32 Å². The van der Waals surface area contributed by atoms with Crippen molar-refractivity contribution in [2.75, 3.05) is 37.7 Å². The molecule has 2 fully saturated rings. The average molecular weight is 242 g/mol. The van der Waals surface area contributed by atoms with E-state index in [-0.39, 0.29) is 0 Å². The summed E-state index contributed by atoms with van der Waals surface area (Å²) in [6.07, 6.45) is 4.26. The zero-order valence-electron chi connectivity index (χ0n) is 9.91. The van der Waals surface area contributed by atoms with Gasteiger partial charge in [0.05, 0.1) is 0 Å². The van der Waals surface area contributed by atoms with E-state index in [1.54, 1.807) is 0 Å². The molecular formula is C12H22N2OS. The third-order valence-electron chi connectivity index (χ3n) is 3.50. The van der Waals surface area contributed by atoms with Crippen LogP contribution in [0, 0.1) is 5.92 Å². The monoisotopic (exact) mass is 242 g/mol. The molecule has 92 valence electrons. The largest absolute Gasteiger partial charge is 0.342 e. The maximum Gasteiger partial charge on any atom is 0.222 e. The molecule has 2 heterocycles. The maximum absolute atomic E-state index is 12.0. The van der Waals surface area contributed by atoms with Crippen LogP contribution in [0.1, 0.15) is 25.7 Å². The van der Waals surface area contributed by atoms with Crippen molar-refractivity contribution < 1.29 is 4.79 Å². The fraction of sp³-hybridized carbons (Fsp3) is 0.917. The molecule has 0 aromatic heterocycles. The number of nitrogens with zero attached hydrogens (tertiary/aromatic N) is 1. The van der Waals surface area contributed by atoms with Gasteiger partial charge >= 0.3 is 0 Å². The number of hydrogen-bond donors (Lipinski definition) is 1. The molecule has 0 bridgehead atoms. The lowest BCUT2D eigenvalue weighted by Crippen LogP contribution is -2.33. The highest BCUT2D eigenvalue weighted by molar-refractivity contribution is 7.99. The van der Waals surface area contributed by atoms with Gasteiger partial charge in [0, 0.05) is 25.3 Å². The van der Waals surface area contributed by atoms with Crippen molar-refractivity contribution in [3.05, 3.63) is 0 Å². The first-order valence-corrected chi connectivity index (χ1v) is 7.58. The molecule has 1 amide bonds. The summed E-state index contributed by atoms with van der Waals surface area (Å²) in [5.74, 6) is 3.47. The number of carbonyl (C=O) groups excluding carboxylic acids is 1. The zero-order valence-corrected chi connectivity index (χ0v) is 10.7. The standard InChI is InChI=1S/C12H22N2OS/c15-12(3-2-11-4-5-13-10-11)14-6-1-8-16-9-7-14/h11,13H,1-10H2. The number of nitrogens with one attached hydrogen (secondary N) is 1. The van der Waals surface area contributed by atoms with E-state index >= 15 is 0 Å². The molecule has 2 aliphatic heterocycles. The first kappa shape index (κ1) is 12.2. The molecule has 1 atom stereocenters. The van der Waals surface area contributed by atoms with Crippen LogP contribution in [0.5, 0.6) is 0 Å². The Morgan fingerprint density at radius 3 is 3.12 bits per heavy atom. The second-order valence-corrected chi connectivity index (χ2v) is 5.97. The summed E-state index contributed by atoms with van der Waals surface area (Å²) in [5, 5.41) is 3.36. The fourth-order valence-corrected chi connectivity index (χ4v) is 3.33. The van der Waals surface area contributed by atoms with E-state index < -0.39 is 0 Å². The maximum atomic E-state index is 12.0. The molecule has 0 aromatic carbocycles. The number of rotatable bonds is 3. The summed E-state index contributed by atoms with van der Waals surface area (Å²) in [7, 11) is 0. The molecule has 0 aromatic rings. The number of amides is 1. The van der Waals surface area contributed by atoms with Gasteiger partial charge in [-0.25, -0.2) is 0 Å². The van der Waals surface area contributed by atoms with Gasteiger partial charge in [0.2, 0.25) is 5.91 Å². The van der Waals surface area contributed by atoms with Crippen molar-refractivity contribution >= 4 is 17.7 Å². The Kier molecular flexibility index (Phi) is 4.97. The Bertz CT molecular complexity index is 221. The molecule has 2 aliphatic rings. The van der Waals surface area contributed by atoms with Crippen molar-refractivity contribution in [2.45, 2.75) is 25.7 Å². The predicted molar refractivity (Wildman–Crippen MR) is 68.7 cm³/mol. The van der Waals surface area contributed by atoms with Gasteiger partial charge in [0.1, 0.15) is 0 Å². The minimum absolute atomic E-state index is 0.384. The normalized spacial score (nSPS) is 26.8. The Hall–Kier alpha value is -0.220. The van der Waals surface area contributed by atoms with Crippen LogP contribution >= 0.6 is 11.8 Å². The molecule has 1 unspecified atom stereocenters. The van der Waals surface area contributed by atoms with E-state index in [1.807, 2.05) is 11.8 Å². The van der Waals surface area contributed by atoms with E-state index in [0.29, 0.717) is 5.91 Å². The molecule has 2 rings (SSSR count). The molecular weight excluding hydrogens is 220 g/mol. The van der Waals surface area contributed by atoms with Crippen LogP contribution in [-0.2, 0) is 4.79 Å². The molecule has 0 saturated carbocycles. The van der Waals surface area contributed by atoms with Crippen molar-refractivity contribution in [1.29, 1.82) is 0 Å². The molecule has 1 N–H and O–H groups in total. The van der Waals surface area contributed by atoms with Gasteiger partial charge in [-0.15, -0.1) is 0 Å². The second-order valence-electron chi connectivity index (χ2n) is 4.74. The third kappa shape index (κ3) is 3.67. The van der Waals surface area contributed by atoms with Crippen LogP contribution in [0.25, 0.3) is 0 Å². The molecule has 0 aliphatic carbocycles. The third-order valence-corrected chi connectivity index (χ3v) is 4.55. The predicted octanol–water partition coefficient (Wildman–Crippen LogP) is 1.34. The molecule has 16 heavy (non-hydrogen) atoms. The van der Waals surface area contributed by atoms with Gasteiger partial charge < -0.3 is 10.2 Å². The quantitative estimate of drug-likeness (QED) is 0.810. The molecule has 0 radical (unpaired) electrons. The summed E-state index contributed by atoms with van der Waals surface area (Å²) in [6, 6.07) is 0. The minimum atomic E-state index is 0.384. The fourth-order valence-electron chi connectivity index (χ4n) is 2.44. The van der Waals surface area contributed by atoms with Crippen LogP contribution in [0.3, 0.4) is 0 Å². The minimum Gasteiger partial charge on any atom is -0.342 e. The average Bonchev–Trinajstić information content (AvgIpc) is 2.66. The SMILES string of the molecule is O=C(CCC1CCNC1)N1CCCSCC1. The Morgan fingerprint density at radius 1 is 1.38 bits per heavy atom. The Labute approximate surface area is 102 Å². The van der Waals surface area contributed by atoms with Gasteiger partial charge in [-0.3, -0.25) is 4.79 Å². The van der Waals surface area contributed by atoms with E-state index in [0.717, 1.165) is 50.7 Å². The lowest BCUT2D eigenvalue weighted by molar-refractivity contribution is -0.131. The lowest BCUT2D eigenvalue weighted by atomic mass is 10.0. The molecule has 4 heteroatoms. The van der Waals surface area contributed by atoms with Crippen LogP contribution in [0.15, 0.2) is 0 Å². The summed E-state index contributed by atoms with van der Waals surface area (Å²) in [6.45, 7) is 4.20. The van der Waals surface area contributed by atoms with Crippen molar-refractivity contribution in [3.63, 3.8) is 0 Å². The van der Waals surface area contributed by atoms with Crippen LogP contribution in [0.2, 0.25) is 0 Å². The summed E-state index contributed by atoms with van der Waals surface area (Å²) in [5.41, 5.74) is 0. The molecule has 2 saturated heterocycles. The summed E-state index contributed by atoms with van der Waals surface area (Å²) < 4.78 is 0.